The van der Waals surface area contributed by atoms with Gasteiger partial charge in [-0.25, -0.2) is 0 Å². The van der Waals surface area contributed by atoms with Crippen LogP contribution in [0.4, 0.5) is 0 Å². The maximum atomic E-state index is 12.5. The largest absolute Gasteiger partial charge is 0.480 e. The van der Waals surface area contributed by atoms with Crippen molar-refractivity contribution < 1.29 is 24.2 Å². The van der Waals surface area contributed by atoms with Crippen molar-refractivity contribution in [1.82, 2.24) is 0 Å². The second-order valence-electron chi connectivity index (χ2n) is 12.6. The Labute approximate surface area is 204 Å². The lowest BCUT2D eigenvalue weighted by atomic mass is 9.42. The van der Waals surface area contributed by atoms with Gasteiger partial charge in [-0.3, -0.25) is 14.4 Å². The first kappa shape index (κ1) is 25.7. The third kappa shape index (κ3) is 4.22. The van der Waals surface area contributed by atoms with Crippen LogP contribution in [0, 0.1) is 40.4 Å². The number of hydrogen-bond donors (Lipinski definition) is 2. The van der Waals surface area contributed by atoms with Gasteiger partial charge >= 0.3 is 11.9 Å². The minimum atomic E-state index is -1.08. The average molecular weight is 476 g/mol. The first-order valence-electron chi connectivity index (χ1n) is 13.7. The van der Waals surface area contributed by atoms with Gasteiger partial charge in [0.05, 0.1) is 0 Å². The van der Waals surface area contributed by atoms with Crippen molar-refractivity contribution >= 4 is 17.7 Å². The molecule has 0 bridgehead atoms. The third-order valence-corrected chi connectivity index (χ3v) is 11.1. The van der Waals surface area contributed by atoms with Gasteiger partial charge in [0.25, 0.3) is 0 Å². The summed E-state index contributed by atoms with van der Waals surface area (Å²) in [5, 5.41) is 8.97. The Morgan fingerprint density at radius 2 is 1.76 bits per heavy atom. The maximum Gasteiger partial charge on any atom is 0.320 e. The van der Waals surface area contributed by atoms with Crippen LogP contribution in [0.25, 0.3) is 0 Å². The third-order valence-electron chi connectivity index (χ3n) is 11.1. The van der Waals surface area contributed by atoms with E-state index in [2.05, 4.69) is 20.8 Å². The van der Waals surface area contributed by atoms with Crippen LogP contribution in [0.1, 0.15) is 105 Å². The Bertz CT molecular complexity index is 828. The van der Waals surface area contributed by atoms with Gasteiger partial charge in [0.15, 0.2) is 0 Å². The number of ether oxygens (including phenoxy) is 1. The van der Waals surface area contributed by atoms with Crippen molar-refractivity contribution in [2.75, 3.05) is 0 Å². The van der Waals surface area contributed by atoms with Crippen LogP contribution < -0.4 is 5.73 Å². The van der Waals surface area contributed by atoms with Gasteiger partial charge in [-0.1, -0.05) is 13.8 Å². The second kappa shape index (κ2) is 9.22. The van der Waals surface area contributed by atoms with Gasteiger partial charge in [-0.15, -0.1) is 0 Å². The fourth-order valence-corrected chi connectivity index (χ4v) is 9.41. The zero-order chi connectivity index (χ0) is 24.9. The fraction of sp³-hybridized carbons (Fsp3) is 0.893. The van der Waals surface area contributed by atoms with Crippen LogP contribution >= 0.6 is 0 Å². The van der Waals surface area contributed by atoms with Crippen LogP contribution in [0.2, 0.25) is 0 Å². The van der Waals surface area contributed by atoms with Gasteiger partial charge in [-0.2, -0.15) is 0 Å². The molecule has 4 rings (SSSR count). The molecule has 0 radical (unpaired) electrons. The molecular formula is C28H45NO5. The van der Waals surface area contributed by atoms with Gasteiger partial charge in [0.1, 0.15) is 17.4 Å². The van der Waals surface area contributed by atoms with E-state index in [1.54, 1.807) is 6.92 Å². The van der Waals surface area contributed by atoms with E-state index in [0.717, 1.165) is 31.6 Å². The molecule has 4 aliphatic rings. The number of carbonyl (C=O) groups is 3. The Morgan fingerprint density at radius 3 is 2.41 bits per heavy atom. The van der Waals surface area contributed by atoms with E-state index in [1.807, 2.05) is 0 Å². The molecular weight excluding hydrogens is 430 g/mol. The van der Waals surface area contributed by atoms with E-state index in [1.165, 1.54) is 38.5 Å². The molecule has 0 amide bonds. The van der Waals surface area contributed by atoms with E-state index in [0.29, 0.717) is 29.0 Å². The van der Waals surface area contributed by atoms with Crippen molar-refractivity contribution in [2.45, 2.75) is 116 Å². The standard InChI is InChI=1S/C28H45NO5/c1-5-28-15-14-26(3,34-24(31)11-10-23(29)25(32)33)16-18(28)6-7-19-21-9-8-20(17(2)30)27(21,4)13-12-22(19)28/h18-23H,5-16,29H2,1-4H3,(H,32,33)/t18-,19-,20+,21-,22-,23-,26+,27+,28?/m0/s1. The van der Waals surface area contributed by atoms with Crippen LogP contribution in [0.5, 0.6) is 0 Å². The Morgan fingerprint density at radius 1 is 1.03 bits per heavy atom. The van der Waals surface area contributed by atoms with Crippen LogP contribution in [0.3, 0.4) is 0 Å². The number of esters is 1. The molecule has 3 N–H and O–H groups in total. The van der Waals surface area contributed by atoms with E-state index in [-0.39, 0.29) is 30.1 Å². The summed E-state index contributed by atoms with van der Waals surface area (Å²) in [7, 11) is 0. The quantitative estimate of drug-likeness (QED) is 0.495. The first-order chi connectivity index (χ1) is 16.0. The summed E-state index contributed by atoms with van der Waals surface area (Å²) in [6, 6.07) is -1.02. The zero-order valence-electron chi connectivity index (χ0n) is 21.6. The molecule has 0 spiro atoms. The molecule has 4 fully saturated rings. The monoisotopic (exact) mass is 475 g/mol. The summed E-state index contributed by atoms with van der Waals surface area (Å²) >= 11 is 0. The average Bonchev–Trinajstić information content (AvgIpc) is 3.14. The van der Waals surface area contributed by atoms with Gasteiger partial charge in [0.2, 0.25) is 0 Å². The van der Waals surface area contributed by atoms with E-state index in [4.69, 9.17) is 15.6 Å². The summed E-state index contributed by atoms with van der Waals surface area (Å²) in [6.07, 6.45) is 11.3. The molecule has 9 atom stereocenters. The Kier molecular flexibility index (Phi) is 6.96. The number of nitrogens with two attached hydrogens (primary N) is 1. The highest BCUT2D eigenvalue weighted by Crippen LogP contribution is 2.69. The molecule has 0 aromatic heterocycles. The predicted octanol–water partition coefficient (Wildman–Crippen LogP) is 5.12. The van der Waals surface area contributed by atoms with Crippen molar-refractivity contribution in [3.63, 3.8) is 0 Å². The highest BCUT2D eigenvalue weighted by Gasteiger charge is 2.62. The summed E-state index contributed by atoms with van der Waals surface area (Å²) in [5.74, 6) is 1.90. The number of Topliss-reactive ketones (excluding diaryl/α,β-unsaturated/α-hetero) is 1. The molecule has 4 aliphatic carbocycles. The van der Waals surface area contributed by atoms with Crippen LogP contribution in [-0.4, -0.2) is 34.5 Å². The van der Waals surface area contributed by atoms with Crippen LogP contribution in [-0.2, 0) is 19.1 Å². The van der Waals surface area contributed by atoms with Gasteiger partial charge in [0, 0.05) is 12.3 Å². The van der Waals surface area contributed by atoms with Gasteiger partial charge < -0.3 is 15.6 Å². The van der Waals surface area contributed by atoms with Crippen molar-refractivity contribution in [1.29, 1.82) is 0 Å². The molecule has 6 nitrogen and oxygen atoms in total. The topological polar surface area (TPSA) is 107 Å². The predicted molar refractivity (Wildman–Crippen MR) is 130 cm³/mol. The molecule has 0 heterocycles. The summed E-state index contributed by atoms with van der Waals surface area (Å²) in [6.45, 7) is 8.64. The van der Waals surface area contributed by atoms with Crippen molar-refractivity contribution in [3.8, 4) is 0 Å². The first-order valence-corrected chi connectivity index (χ1v) is 13.7. The second-order valence-corrected chi connectivity index (χ2v) is 12.6. The minimum absolute atomic E-state index is 0.0505. The van der Waals surface area contributed by atoms with Gasteiger partial charge in [-0.05, 0) is 119 Å². The molecule has 0 aromatic carbocycles. The molecule has 1 unspecified atom stereocenters. The molecule has 0 saturated heterocycles. The molecule has 0 aliphatic heterocycles. The summed E-state index contributed by atoms with van der Waals surface area (Å²) in [5.41, 5.74) is 5.59. The molecule has 6 heteroatoms. The number of aliphatic carboxylic acids is 1. The van der Waals surface area contributed by atoms with Crippen LogP contribution in [0.15, 0.2) is 0 Å². The summed E-state index contributed by atoms with van der Waals surface area (Å²) < 4.78 is 5.98. The lowest BCUT2D eigenvalue weighted by Crippen LogP contribution is -2.57. The zero-order valence-corrected chi connectivity index (χ0v) is 21.6. The highest BCUT2D eigenvalue weighted by atomic mass is 16.6. The highest BCUT2D eigenvalue weighted by molar-refractivity contribution is 5.79. The lowest BCUT2D eigenvalue weighted by Gasteiger charge is -2.63. The number of ketones is 1. The maximum absolute atomic E-state index is 12.5. The fourth-order valence-electron chi connectivity index (χ4n) is 9.41. The number of carbonyl (C=O) groups excluding carboxylic acids is 2. The number of fused-ring (bicyclic) bond motifs is 5. The Hall–Kier alpha value is -1.43. The SMILES string of the molecule is CCC12CC[C@@](C)(OC(=O)CC[C@H](N)C(=O)O)C[C@@H]1CC[C@@H]1[C@@H]2CC[C@]2(C)[C@@H](C(C)=O)CC[C@@H]12. The summed E-state index contributed by atoms with van der Waals surface area (Å²) in [4.78, 5) is 35.9. The number of carboxylic acids is 1. The van der Waals surface area contributed by atoms with E-state index in [9.17, 15) is 14.4 Å². The normalized spacial score (nSPS) is 44.3. The minimum Gasteiger partial charge on any atom is -0.480 e. The molecule has 4 saturated carbocycles. The molecule has 34 heavy (non-hydrogen) atoms. The van der Waals surface area contributed by atoms with Crippen molar-refractivity contribution in [3.05, 3.63) is 0 Å². The smallest absolute Gasteiger partial charge is 0.320 e. The number of rotatable bonds is 7. The van der Waals surface area contributed by atoms with E-state index < -0.39 is 17.6 Å². The lowest BCUT2D eigenvalue weighted by molar-refractivity contribution is -0.185. The Balaban J connectivity index is 1.45. The molecule has 0 aromatic rings. The van der Waals surface area contributed by atoms with Crippen molar-refractivity contribution in [2.24, 2.45) is 46.2 Å². The molecule has 192 valence electrons. The number of hydrogen-bond acceptors (Lipinski definition) is 5. The number of carboxylic acid groups (broad SMARTS) is 1. The van der Waals surface area contributed by atoms with E-state index >= 15 is 0 Å².